The number of nitrogens with zero attached hydrogens (tertiary/aromatic N) is 1. The van der Waals surface area contributed by atoms with E-state index in [0.29, 0.717) is 11.8 Å². The second kappa shape index (κ2) is 24.6. The SMILES string of the molecule is CCCC[N+](CCCC)(CCCC)CCCC.CS(=O)(=O)O[C@@H](COC(=O)CCl)[C@H](NC(=O)OCc1ccccc1)C(=O)NS(=O)(=O)[O-]. The molecule has 48 heavy (non-hydrogen) atoms. The number of rotatable bonds is 23. The summed E-state index contributed by atoms with van der Waals surface area (Å²) in [5, 5.41) is 1.88. The molecule has 0 spiro atoms. The molecular weight excluding hydrogens is 690 g/mol. The fraction of sp³-hybridized carbons (Fsp3) is 0.710. The highest BCUT2D eigenvalue weighted by atomic mass is 35.5. The number of benzene rings is 1. The fourth-order valence-corrected chi connectivity index (χ4v) is 5.73. The van der Waals surface area contributed by atoms with Crippen LogP contribution in [0.1, 0.15) is 84.6 Å². The van der Waals surface area contributed by atoms with E-state index < -0.39 is 63.0 Å². The van der Waals surface area contributed by atoms with Gasteiger partial charge >= 0.3 is 12.1 Å². The summed E-state index contributed by atoms with van der Waals surface area (Å²) in [6.07, 6.45) is 8.38. The van der Waals surface area contributed by atoms with Crippen LogP contribution in [-0.2, 0) is 50.3 Å². The molecule has 0 bridgehead atoms. The zero-order valence-corrected chi connectivity index (χ0v) is 31.2. The minimum atomic E-state index is -5.35. The lowest BCUT2D eigenvalue weighted by atomic mass is 10.1. The molecule has 0 aliphatic rings. The lowest BCUT2D eigenvalue weighted by Gasteiger charge is -2.39. The van der Waals surface area contributed by atoms with Crippen molar-refractivity contribution >= 4 is 50.0 Å². The second-order valence-corrected chi connectivity index (χ2v) is 14.4. The van der Waals surface area contributed by atoms with Crippen molar-refractivity contribution < 1.29 is 53.9 Å². The molecule has 14 nitrogen and oxygen atoms in total. The van der Waals surface area contributed by atoms with Gasteiger partial charge in [-0.2, -0.15) is 8.42 Å². The molecule has 0 saturated carbocycles. The summed E-state index contributed by atoms with van der Waals surface area (Å²) < 4.78 is 72.2. The third-order valence-electron chi connectivity index (χ3n) is 7.13. The van der Waals surface area contributed by atoms with Crippen LogP contribution in [0.5, 0.6) is 0 Å². The molecule has 0 heterocycles. The van der Waals surface area contributed by atoms with E-state index in [9.17, 15) is 35.8 Å². The number of carbonyl (C=O) groups is 3. The maximum Gasteiger partial charge on any atom is 0.408 e. The van der Waals surface area contributed by atoms with Crippen molar-refractivity contribution in [2.75, 3.05) is 44.9 Å². The van der Waals surface area contributed by atoms with E-state index in [1.807, 2.05) is 5.32 Å². The van der Waals surface area contributed by atoms with Crippen molar-refractivity contribution in [3.05, 3.63) is 35.9 Å². The van der Waals surface area contributed by atoms with E-state index >= 15 is 0 Å². The van der Waals surface area contributed by atoms with Crippen molar-refractivity contribution in [2.45, 2.75) is 97.8 Å². The molecule has 278 valence electrons. The van der Waals surface area contributed by atoms with E-state index in [-0.39, 0.29) is 6.61 Å². The number of amides is 2. The minimum Gasteiger partial charge on any atom is -0.731 e. The van der Waals surface area contributed by atoms with Crippen LogP contribution in [0, 0.1) is 0 Å². The Kier molecular flexibility index (Phi) is 23.3. The van der Waals surface area contributed by atoms with Crippen LogP contribution >= 0.6 is 11.6 Å². The number of hydrogen-bond acceptors (Lipinski definition) is 11. The lowest BCUT2D eigenvalue weighted by molar-refractivity contribution is -0.929. The highest BCUT2D eigenvalue weighted by Gasteiger charge is 2.36. The first-order valence-corrected chi connectivity index (χ1v) is 20.0. The van der Waals surface area contributed by atoms with Gasteiger partial charge in [0, 0.05) is 0 Å². The fourth-order valence-electron chi connectivity index (χ4n) is 4.67. The summed E-state index contributed by atoms with van der Waals surface area (Å²) in [5.41, 5.74) is 0.556. The predicted octanol–water partition coefficient (Wildman–Crippen LogP) is 3.99. The third-order valence-corrected chi connectivity index (χ3v) is 8.39. The van der Waals surface area contributed by atoms with E-state index in [1.165, 1.54) is 82.0 Å². The summed E-state index contributed by atoms with van der Waals surface area (Å²) in [4.78, 5) is 35.6. The number of esters is 1. The molecule has 17 heteroatoms. The number of unbranched alkanes of at least 4 members (excludes halogenated alkanes) is 4. The molecule has 2 N–H and O–H groups in total. The average molecular weight is 744 g/mol. The van der Waals surface area contributed by atoms with Crippen molar-refractivity contribution in [1.82, 2.24) is 10.0 Å². The Labute approximate surface area is 291 Å². The highest BCUT2D eigenvalue weighted by molar-refractivity contribution is 7.86. The predicted molar refractivity (Wildman–Crippen MR) is 182 cm³/mol. The van der Waals surface area contributed by atoms with Gasteiger partial charge in [-0.1, -0.05) is 83.7 Å². The van der Waals surface area contributed by atoms with Crippen LogP contribution in [0.2, 0.25) is 0 Å². The quantitative estimate of drug-likeness (QED) is 0.0541. The largest absolute Gasteiger partial charge is 0.731 e. The molecule has 1 rings (SSSR count). The van der Waals surface area contributed by atoms with Gasteiger partial charge in [0.1, 0.15) is 31.2 Å². The first-order valence-electron chi connectivity index (χ1n) is 16.2. The highest BCUT2D eigenvalue weighted by Crippen LogP contribution is 2.16. The normalized spacial score (nSPS) is 13.0. The number of nitrogens with one attached hydrogen (secondary N) is 2. The van der Waals surface area contributed by atoms with Crippen LogP contribution in [0.25, 0.3) is 0 Å². The Morgan fingerprint density at radius 2 is 1.31 bits per heavy atom. The van der Waals surface area contributed by atoms with Gasteiger partial charge in [0.15, 0.2) is 10.3 Å². The molecule has 1 aromatic rings. The summed E-state index contributed by atoms with van der Waals surface area (Å²) >= 11 is 5.26. The van der Waals surface area contributed by atoms with Gasteiger partial charge in [0.2, 0.25) is 0 Å². The van der Waals surface area contributed by atoms with Gasteiger partial charge in [-0.25, -0.2) is 13.2 Å². The van der Waals surface area contributed by atoms with Crippen LogP contribution < -0.4 is 10.0 Å². The average Bonchev–Trinajstić information content (AvgIpc) is 3.03. The summed E-state index contributed by atoms with van der Waals surface area (Å²) in [5.74, 6) is -3.34. The van der Waals surface area contributed by atoms with Gasteiger partial charge in [0.05, 0.1) is 32.4 Å². The number of hydrogen-bond donors (Lipinski definition) is 2. The maximum absolute atomic E-state index is 12.2. The first-order chi connectivity index (χ1) is 22.5. The van der Waals surface area contributed by atoms with E-state index in [2.05, 4.69) is 36.6 Å². The number of halogens is 1. The topological polar surface area (TPSA) is 194 Å². The van der Waals surface area contributed by atoms with E-state index in [4.69, 9.17) is 16.3 Å². The van der Waals surface area contributed by atoms with Gasteiger partial charge in [-0.3, -0.25) is 18.5 Å². The molecule has 2 amide bonds. The molecule has 2 atom stereocenters. The zero-order valence-electron chi connectivity index (χ0n) is 28.8. The smallest absolute Gasteiger partial charge is 0.408 e. The summed E-state index contributed by atoms with van der Waals surface area (Å²) in [6, 6.07) is 6.12. The molecule has 0 aliphatic heterocycles. The van der Waals surface area contributed by atoms with Crippen molar-refractivity contribution in [3.63, 3.8) is 0 Å². The Morgan fingerprint density at radius 1 is 0.833 bits per heavy atom. The van der Waals surface area contributed by atoms with Crippen molar-refractivity contribution in [1.29, 1.82) is 0 Å². The number of quaternary nitrogens is 1. The van der Waals surface area contributed by atoms with Crippen molar-refractivity contribution in [2.24, 2.45) is 0 Å². The third kappa shape index (κ3) is 22.2. The van der Waals surface area contributed by atoms with Gasteiger partial charge in [-0.05, 0) is 31.2 Å². The molecule has 0 aliphatic carbocycles. The zero-order chi connectivity index (χ0) is 36.6. The van der Waals surface area contributed by atoms with E-state index in [0.717, 1.165) is 4.72 Å². The molecular formula is C31H54ClN3O11S2. The Balaban J connectivity index is 0.00000110. The summed E-state index contributed by atoms with van der Waals surface area (Å²) in [7, 11) is -9.66. The van der Waals surface area contributed by atoms with Crippen LogP contribution in [0.15, 0.2) is 30.3 Å². The second-order valence-electron chi connectivity index (χ2n) is 11.4. The molecule has 0 fully saturated rings. The molecule has 0 aromatic heterocycles. The van der Waals surface area contributed by atoms with Crippen LogP contribution in [0.3, 0.4) is 0 Å². The number of alkyl halides is 1. The first kappa shape index (κ1) is 45.5. The van der Waals surface area contributed by atoms with Gasteiger partial charge < -0.3 is 23.8 Å². The molecule has 0 saturated heterocycles. The minimum absolute atomic E-state index is 0.264. The Morgan fingerprint density at radius 3 is 1.71 bits per heavy atom. The number of ether oxygens (including phenoxy) is 2. The van der Waals surface area contributed by atoms with Crippen LogP contribution in [-0.4, -0.2) is 101 Å². The standard InChI is InChI=1S/C16H36N.C15H19ClN2O11S2/c1-5-9-13-17(14-10-6-2,15-11-7-3)16-12-8-4;1-30(22,23)29-11(9-27-12(19)7-16)13(14(20)18-31(24,25)26)17-15(21)28-8-10-5-3-2-4-6-10/h5-16H2,1-4H3;2-6,11,13H,7-9H2,1H3,(H,17,21)(H,18,20)(H,24,25,26)/q+1;/p-1/t;11-,13-/m.0/s1. The lowest BCUT2D eigenvalue weighted by Crippen LogP contribution is -2.56. The summed E-state index contributed by atoms with van der Waals surface area (Å²) in [6.45, 7) is 13.8. The molecule has 0 unspecified atom stereocenters. The Bertz CT molecular complexity index is 1250. The molecule has 1 aromatic carbocycles. The maximum atomic E-state index is 12.2. The number of carbonyl (C=O) groups excluding carboxylic acids is 3. The van der Waals surface area contributed by atoms with E-state index in [1.54, 1.807) is 30.3 Å². The van der Waals surface area contributed by atoms with Crippen molar-refractivity contribution in [3.8, 4) is 0 Å². The van der Waals surface area contributed by atoms with Gasteiger partial charge in [-0.15, -0.1) is 11.6 Å². The number of alkyl carbamates (subject to hydrolysis) is 1. The monoisotopic (exact) mass is 743 g/mol. The molecule has 0 radical (unpaired) electrons. The van der Waals surface area contributed by atoms with Crippen LogP contribution in [0.4, 0.5) is 4.79 Å². The van der Waals surface area contributed by atoms with Gasteiger partial charge in [0.25, 0.3) is 16.0 Å². The Hall–Kier alpha value is -2.50.